The predicted octanol–water partition coefficient (Wildman–Crippen LogP) is 3.10. The van der Waals surface area contributed by atoms with Crippen molar-refractivity contribution in [1.82, 2.24) is 14.8 Å². The van der Waals surface area contributed by atoms with Crippen LogP contribution >= 0.6 is 0 Å². The van der Waals surface area contributed by atoms with Gasteiger partial charge in [-0.15, -0.1) is 0 Å². The number of fused-ring (bicyclic) bond motifs is 1. The maximum absolute atomic E-state index is 13.6. The summed E-state index contributed by atoms with van der Waals surface area (Å²) in [7, 11) is 0. The molecule has 0 spiro atoms. The summed E-state index contributed by atoms with van der Waals surface area (Å²) < 4.78 is 38.8. The Morgan fingerprint density at radius 3 is 2.84 bits per heavy atom. The average Bonchev–Trinajstić information content (AvgIpc) is 2.90. The van der Waals surface area contributed by atoms with Crippen LogP contribution in [0.25, 0.3) is 11.3 Å². The Labute approximate surface area is 143 Å². The highest BCUT2D eigenvalue weighted by Crippen LogP contribution is 2.35. The van der Waals surface area contributed by atoms with Crippen molar-refractivity contribution >= 4 is 5.97 Å². The highest BCUT2D eigenvalue weighted by molar-refractivity contribution is 5.98. The monoisotopic (exact) mass is 351 g/mol. The number of ether oxygens (including phenoxy) is 2. The average molecular weight is 351 g/mol. The molecule has 0 saturated heterocycles. The van der Waals surface area contributed by atoms with E-state index in [0.717, 1.165) is 12.1 Å². The van der Waals surface area contributed by atoms with Crippen LogP contribution in [-0.2, 0) is 17.7 Å². The summed E-state index contributed by atoms with van der Waals surface area (Å²) in [4.78, 5) is 16.7. The summed E-state index contributed by atoms with van der Waals surface area (Å²) in [5.41, 5.74) is 1.90. The van der Waals surface area contributed by atoms with Gasteiger partial charge in [-0.2, -0.15) is 5.10 Å². The summed E-state index contributed by atoms with van der Waals surface area (Å²) in [6.07, 6.45) is 1.98. The molecule has 0 amide bonds. The van der Waals surface area contributed by atoms with Gasteiger partial charge < -0.3 is 9.47 Å². The van der Waals surface area contributed by atoms with Gasteiger partial charge >= 0.3 is 5.97 Å². The molecule has 0 atom stereocenters. The highest BCUT2D eigenvalue weighted by atomic mass is 19.3. The van der Waals surface area contributed by atoms with Gasteiger partial charge in [-0.25, -0.2) is 18.3 Å². The number of hydrogen-bond acceptors (Lipinski definition) is 5. The molecule has 0 aromatic carbocycles. The third kappa shape index (κ3) is 3.47. The zero-order chi connectivity index (χ0) is 18.0. The van der Waals surface area contributed by atoms with Gasteiger partial charge in [0.15, 0.2) is 6.61 Å². The number of hydrogen-bond donors (Lipinski definition) is 0. The summed E-state index contributed by atoms with van der Waals surface area (Å²) >= 11 is 0. The van der Waals surface area contributed by atoms with Crippen LogP contribution < -0.4 is 4.74 Å². The molecule has 0 N–H and O–H groups in total. The van der Waals surface area contributed by atoms with Crippen molar-refractivity contribution in [2.45, 2.75) is 39.2 Å². The molecule has 3 heterocycles. The predicted molar refractivity (Wildman–Crippen MR) is 85.9 cm³/mol. The van der Waals surface area contributed by atoms with Gasteiger partial charge in [0, 0.05) is 23.9 Å². The van der Waals surface area contributed by atoms with E-state index in [1.54, 1.807) is 19.2 Å². The first-order chi connectivity index (χ1) is 11.9. The molecule has 2 aromatic rings. The van der Waals surface area contributed by atoms with Gasteiger partial charge in [0.05, 0.1) is 13.2 Å². The third-order valence-electron chi connectivity index (χ3n) is 3.96. The quantitative estimate of drug-likeness (QED) is 0.792. The van der Waals surface area contributed by atoms with Crippen LogP contribution in [0.5, 0.6) is 5.88 Å². The lowest BCUT2D eigenvalue weighted by Gasteiger charge is -2.12. The first-order valence-electron chi connectivity index (χ1n) is 8.19. The van der Waals surface area contributed by atoms with E-state index in [0.29, 0.717) is 11.3 Å². The number of rotatable bonds is 4. The minimum Gasteiger partial charge on any atom is -0.471 e. The molecule has 1 aliphatic heterocycles. The molecule has 0 bridgehead atoms. The van der Waals surface area contributed by atoms with E-state index in [2.05, 4.69) is 10.1 Å². The van der Waals surface area contributed by atoms with Gasteiger partial charge in [-0.05, 0) is 25.5 Å². The Bertz CT molecular complexity index is 772. The van der Waals surface area contributed by atoms with Crippen LogP contribution in [0.4, 0.5) is 8.78 Å². The maximum Gasteiger partial charge on any atom is 0.345 e. The van der Waals surface area contributed by atoms with Crippen molar-refractivity contribution in [2.75, 3.05) is 13.2 Å². The number of alkyl halides is 2. The molecule has 6 nitrogen and oxygen atoms in total. The summed E-state index contributed by atoms with van der Waals surface area (Å²) in [5.74, 6) is -3.59. The van der Waals surface area contributed by atoms with Crippen molar-refractivity contribution in [2.24, 2.45) is 0 Å². The Morgan fingerprint density at radius 2 is 2.20 bits per heavy atom. The summed E-state index contributed by atoms with van der Waals surface area (Å²) in [6.45, 7) is 2.98. The highest BCUT2D eigenvalue weighted by Gasteiger charge is 2.37. The van der Waals surface area contributed by atoms with E-state index in [1.807, 2.05) is 13.0 Å². The van der Waals surface area contributed by atoms with Crippen LogP contribution in [0, 0.1) is 0 Å². The number of nitrogens with zero attached hydrogens (tertiary/aromatic N) is 3. The van der Waals surface area contributed by atoms with Crippen LogP contribution in [0.15, 0.2) is 18.3 Å². The standard InChI is InChI=1S/C17H19F2N3O3/c1-3-12-6-5-11(9-20-12)14-13(16(23)24-4-2)15-22(21-14)8-7-17(18,19)10-25-15/h5-6,9H,3-4,7-8,10H2,1-2H3. The Morgan fingerprint density at radius 1 is 1.40 bits per heavy atom. The van der Waals surface area contributed by atoms with Crippen LogP contribution in [0.2, 0.25) is 0 Å². The molecule has 0 unspecified atom stereocenters. The molecular formula is C17H19F2N3O3. The van der Waals surface area contributed by atoms with Gasteiger partial charge in [-0.3, -0.25) is 4.98 Å². The lowest BCUT2D eigenvalue weighted by molar-refractivity contribution is -0.0429. The molecule has 0 fully saturated rings. The lowest BCUT2D eigenvalue weighted by Crippen LogP contribution is -2.24. The Kier molecular flexibility index (Phi) is 4.69. The molecule has 1 aliphatic rings. The van der Waals surface area contributed by atoms with Gasteiger partial charge in [0.1, 0.15) is 11.3 Å². The van der Waals surface area contributed by atoms with Gasteiger partial charge in [0.25, 0.3) is 5.92 Å². The topological polar surface area (TPSA) is 66.2 Å². The van der Waals surface area contributed by atoms with E-state index in [1.165, 1.54) is 4.68 Å². The van der Waals surface area contributed by atoms with Crippen LogP contribution in [-0.4, -0.2) is 39.9 Å². The fourth-order valence-corrected chi connectivity index (χ4v) is 2.62. The molecule has 0 saturated carbocycles. The Balaban J connectivity index is 2.07. The SMILES string of the molecule is CCOC(=O)c1c(-c2ccc(CC)nc2)nn2c1OCC(F)(F)CC2. The zero-order valence-corrected chi connectivity index (χ0v) is 14.1. The number of aryl methyl sites for hydroxylation is 2. The molecule has 134 valence electrons. The van der Waals surface area contributed by atoms with Crippen molar-refractivity contribution in [3.8, 4) is 17.1 Å². The van der Waals surface area contributed by atoms with Gasteiger partial charge in [-0.1, -0.05) is 6.92 Å². The summed E-state index contributed by atoms with van der Waals surface area (Å²) in [6, 6.07) is 3.63. The van der Waals surface area contributed by atoms with E-state index in [4.69, 9.17) is 9.47 Å². The molecule has 8 heteroatoms. The molecule has 3 rings (SSSR count). The second-order valence-corrected chi connectivity index (χ2v) is 5.76. The number of carbonyl (C=O) groups is 1. The number of halogens is 2. The van der Waals surface area contributed by atoms with Crippen LogP contribution in [0.3, 0.4) is 0 Å². The maximum atomic E-state index is 13.6. The molecule has 0 radical (unpaired) electrons. The number of carbonyl (C=O) groups excluding carboxylic acids is 1. The Hall–Kier alpha value is -2.51. The van der Waals surface area contributed by atoms with E-state index in [-0.39, 0.29) is 24.6 Å². The summed E-state index contributed by atoms with van der Waals surface area (Å²) in [5, 5.41) is 4.32. The first kappa shape index (κ1) is 17.3. The fourth-order valence-electron chi connectivity index (χ4n) is 2.62. The first-order valence-corrected chi connectivity index (χ1v) is 8.19. The van der Waals surface area contributed by atoms with E-state index < -0.39 is 24.9 Å². The number of aromatic nitrogens is 3. The third-order valence-corrected chi connectivity index (χ3v) is 3.96. The molecule has 0 aliphatic carbocycles. The molecular weight excluding hydrogens is 332 g/mol. The van der Waals surface area contributed by atoms with Crippen molar-refractivity contribution in [1.29, 1.82) is 0 Å². The van der Waals surface area contributed by atoms with Gasteiger partial charge in [0.2, 0.25) is 5.88 Å². The molecule has 25 heavy (non-hydrogen) atoms. The largest absolute Gasteiger partial charge is 0.471 e. The smallest absolute Gasteiger partial charge is 0.345 e. The van der Waals surface area contributed by atoms with E-state index >= 15 is 0 Å². The zero-order valence-electron chi connectivity index (χ0n) is 14.1. The van der Waals surface area contributed by atoms with Crippen molar-refractivity contribution in [3.63, 3.8) is 0 Å². The second kappa shape index (κ2) is 6.78. The van der Waals surface area contributed by atoms with Crippen molar-refractivity contribution < 1.29 is 23.0 Å². The molecule has 2 aromatic heterocycles. The lowest BCUT2D eigenvalue weighted by atomic mass is 10.1. The van der Waals surface area contributed by atoms with E-state index in [9.17, 15) is 13.6 Å². The van der Waals surface area contributed by atoms with Crippen molar-refractivity contribution in [3.05, 3.63) is 29.6 Å². The van der Waals surface area contributed by atoms with Crippen LogP contribution in [0.1, 0.15) is 36.3 Å². The number of esters is 1. The second-order valence-electron chi connectivity index (χ2n) is 5.76. The normalized spacial score (nSPS) is 15.8. The minimum absolute atomic E-state index is 0.0187. The fraction of sp³-hybridized carbons (Fsp3) is 0.471. The number of pyridine rings is 1. The minimum atomic E-state index is -2.96.